The molecule has 0 spiro atoms. The number of hydrogen-bond acceptors (Lipinski definition) is 3. The zero-order valence-electron chi connectivity index (χ0n) is 10.8. The molecule has 1 aliphatic rings. The average molecular weight is 227 g/mol. The molecular weight excluding hydrogens is 202 g/mol. The summed E-state index contributed by atoms with van der Waals surface area (Å²) in [6.07, 6.45) is 3.88. The largest absolute Gasteiger partial charge is 0.355 e. The number of nitrogens with zero attached hydrogens (tertiary/aromatic N) is 1. The van der Waals surface area contributed by atoms with E-state index in [0.717, 1.165) is 25.6 Å². The maximum atomic E-state index is 11.5. The molecule has 0 radical (unpaired) electrons. The van der Waals surface area contributed by atoms with E-state index in [1.807, 2.05) is 13.8 Å². The number of likely N-dealkylation sites (N-methyl/N-ethyl adjacent to an activating group) is 1. The van der Waals surface area contributed by atoms with Gasteiger partial charge in [-0.15, -0.1) is 0 Å². The lowest BCUT2D eigenvalue weighted by Crippen LogP contribution is -2.37. The highest BCUT2D eigenvalue weighted by Gasteiger charge is 2.25. The molecule has 0 saturated heterocycles. The smallest absolute Gasteiger partial charge is 0.220 e. The first kappa shape index (κ1) is 13.5. The van der Waals surface area contributed by atoms with Gasteiger partial charge in [0.25, 0.3) is 0 Å². The maximum absolute atomic E-state index is 11.5. The predicted octanol–water partition coefficient (Wildman–Crippen LogP) is 0.714. The van der Waals surface area contributed by atoms with Crippen molar-refractivity contribution in [3.8, 4) is 0 Å². The zero-order valence-corrected chi connectivity index (χ0v) is 10.8. The third kappa shape index (κ3) is 6.08. The lowest BCUT2D eigenvalue weighted by molar-refractivity contribution is -0.121. The van der Waals surface area contributed by atoms with Crippen LogP contribution in [0.15, 0.2) is 0 Å². The van der Waals surface area contributed by atoms with Crippen LogP contribution in [0.3, 0.4) is 0 Å². The van der Waals surface area contributed by atoms with Crippen molar-refractivity contribution in [3.05, 3.63) is 0 Å². The Morgan fingerprint density at radius 1 is 1.50 bits per heavy atom. The fourth-order valence-electron chi connectivity index (χ4n) is 1.59. The third-order valence-corrected chi connectivity index (χ3v) is 2.95. The number of carbonyl (C=O) groups is 1. The minimum atomic E-state index is -0.248. The highest BCUT2D eigenvalue weighted by atomic mass is 16.1. The van der Waals surface area contributed by atoms with Gasteiger partial charge in [-0.25, -0.2) is 0 Å². The van der Waals surface area contributed by atoms with E-state index in [-0.39, 0.29) is 11.4 Å². The Kier molecular flexibility index (Phi) is 4.74. The van der Waals surface area contributed by atoms with Crippen molar-refractivity contribution in [2.45, 2.75) is 51.1 Å². The van der Waals surface area contributed by atoms with Gasteiger partial charge in [-0.2, -0.15) is 0 Å². The summed E-state index contributed by atoms with van der Waals surface area (Å²) in [5, 5.41) is 2.93. The van der Waals surface area contributed by atoms with Crippen LogP contribution in [0.4, 0.5) is 0 Å². The molecule has 3 N–H and O–H groups in total. The monoisotopic (exact) mass is 227 g/mol. The van der Waals surface area contributed by atoms with Crippen molar-refractivity contribution in [1.29, 1.82) is 0 Å². The van der Waals surface area contributed by atoms with Crippen LogP contribution in [0.5, 0.6) is 0 Å². The highest BCUT2D eigenvalue weighted by Crippen LogP contribution is 2.24. The van der Waals surface area contributed by atoms with Crippen molar-refractivity contribution >= 4 is 5.91 Å². The fraction of sp³-hybridized carbons (Fsp3) is 0.917. The normalized spacial score (nSPS) is 16.6. The number of amides is 1. The van der Waals surface area contributed by atoms with Crippen LogP contribution in [0.25, 0.3) is 0 Å². The summed E-state index contributed by atoms with van der Waals surface area (Å²) in [4.78, 5) is 13.8. The van der Waals surface area contributed by atoms with Crippen molar-refractivity contribution in [2.24, 2.45) is 5.73 Å². The number of nitrogens with two attached hydrogens (primary N) is 1. The van der Waals surface area contributed by atoms with Crippen LogP contribution < -0.4 is 11.1 Å². The quantitative estimate of drug-likeness (QED) is 0.673. The molecule has 16 heavy (non-hydrogen) atoms. The second kappa shape index (κ2) is 5.64. The first-order chi connectivity index (χ1) is 7.38. The van der Waals surface area contributed by atoms with E-state index in [4.69, 9.17) is 5.73 Å². The van der Waals surface area contributed by atoms with Gasteiger partial charge in [-0.05, 0) is 40.2 Å². The van der Waals surface area contributed by atoms with Gasteiger partial charge >= 0.3 is 0 Å². The molecular formula is C12H25N3O. The molecule has 4 heteroatoms. The molecule has 1 rings (SSSR count). The number of nitrogens with one attached hydrogen (secondary N) is 1. The van der Waals surface area contributed by atoms with Crippen molar-refractivity contribution in [3.63, 3.8) is 0 Å². The van der Waals surface area contributed by atoms with Crippen molar-refractivity contribution in [2.75, 3.05) is 20.1 Å². The molecule has 0 bridgehead atoms. The summed E-state index contributed by atoms with van der Waals surface area (Å²) in [5.74, 6) is 0.114. The van der Waals surface area contributed by atoms with Gasteiger partial charge in [-0.1, -0.05) is 0 Å². The lowest BCUT2D eigenvalue weighted by atomic mass is 10.00. The van der Waals surface area contributed by atoms with E-state index >= 15 is 0 Å². The summed E-state index contributed by atoms with van der Waals surface area (Å²) in [6.45, 7) is 5.58. The average Bonchev–Trinajstić information content (AvgIpc) is 2.96. The van der Waals surface area contributed by atoms with Crippen LogP contribution in [0.2, 0.25) is 0 Å². The fourth-order valence-corrected chi connectivity index (χ4v) is 1.59. The SMILES string of the molecule is CN(CCNC(=O)CCC(C)(C)N)C1CC1. The molecule has 0 heterocycles. The summed E-state index contributed by atoms with van der Waals surface area (Å²) in [6, 6.07) is 0.764. The Hall–Kier alpha value is -0.610. The molecule has 1 amide bonds. The molecule has 0 aliphatic heterocycles. The standard InChI is InChI=1S/C12H25N3O/c1-12(2,13)7-6-11(16)14-8-9-15(3)10-4-5-10/h10H,4-9,13H2,1-3H3,(H,14,16). The van der Waals surface area contributed by atoms with Crippen LogP contribution >= 0.6 is 0 Å². The molecule has 4 nitrogen and oxygen atoms in total. The van der Waals surface area contributed by atoms with Crippen molar-refractivity contribution in [1.82, 2.24) is 10.2 Å². The molecule has 0 aromatic rings. The highest BCUT2D eigenvalue weighted by molar-refractivity contribution is 5.75. The summed E-state index contributed by atoms with van der Waals surface area (Å²) in [5.41, 5.74) is 5.57. The Morgan fingerprint density at radius 3 is 2.62 bits per heavy atom. The summed E-state index contributed by atoms with van der Waals surface area (Å²) >= 11 is 0. The van der Waals surface area contributed by atoms with E-state index in [1.54, 1.807) is 0 Å². The molecule has 0 aromatic heterocycles. The van der Waals surface area contributed by atoms with Crippen LogP contribution in [0.1, 0.15) is 39.5 Å². The summed E-state index contributed by atoms with van der Waals surface area (Å²) in [7, 11) is 2.12. The van der Waals surface area contributed by atoms with E-state index in [1.165, 1.54) is 12.8 Å². The minimum Gasteiger partial charge on any atom is -0.355 e. The molecule has 1 aliphatic carbocycles. The van der Waals surface area contributed by atoms with Crippen molar-refractivity contribution < 1.29 is 4.79 Å². The Balaban J connectivity index is 2.01. The van der Waals surface area contributed by atoms with E-state index < -0.39 is 0 Å². The van der Waals surface area contributed by atoms with Gasteiger partial charge < -0.3 is 16.0 Å². The van der Waals surface area contributed by atoms with Gasteiger partial charge in [0.1, 0.15) is 0 Å². The molecule has 0 aromatic carbocycles. The van der Waals surface area contributed by atoms with Gasteiger partial charge in [0.15, 0.2) is 0 Å². The topological polar surface area (TPSA) is 58.4 Å². The van der Waals surface area contributed by atoms with Gasteiger partial charge in [-0.3, -0.25) is 4.79 Å². The molecule has 1 fully saturated rings. The van der Waals surface area contributed by atoms with E-state index in [2.05, 4.69) is 17.3 Å². The molecule has 1 saturated carbocycles. The van der Waals surface area contributed by atoms with Gasteiger partial charge in [0.05, 0.1) is 0 Å². The first-order valence-electron chi connectivity index (χ1n) is 6.14. The van der Waals surface area contributed by atoms with Crippen LogP contribution in [-0.2, 0) is 4.79 Å². The second-order valence-electron chi connectivity index (χ2n) is 5.55. The second-order valence-corrected chi connectivity index (χ2v) is 5.55. The maximum Gasteiger partial charge on any atom is 0.220 e. The van der Waals surface area contributed by atoms with E-state index in [0.29, 0.717) is 6.42 Å². The minimum absolute atomic E-state index is 0.114. The van der Waals surface area contributed by atoms with Gasteiger partial charge in [0, 0.05) is 31.1 Å². The Labute approximate surface area is 98.6 Å². The molecule has 0 atom stereocenters. The van der Waals surface area contributed by atoms with E-state index in [9.17, 15) is 4.79 Å². The Bertz CT molecular complexity index is 231. The first-order valence-corrected chi connectivity index (χ1v) is 6.14. The summed E-state index contributed by atoms with van der Waals surface area (Å²) < 4.78 is 0. The Morgan fingerprint density at radius 2 is 2.12 bits per heavy atom. The number of rotatable bonds is 7. The molecule has 94 valence electrons. The lowest BCUT2D eigenvalue weighted by Gasteiger charge is -2.18. The zero-order chi connectivity index (χ0) is 12.2. The number of hydrogen-bond donors (Lipinski definition) is 2. The molecule has 0 unspecified atom stereocenters. The number of carbonyl (C=O) groups excluding carboxylic acids is 1. The predicted molar refractivity (Wildman–Crippen MR) is 66.2 cm³/mol. The van der Waals surface area contributed by atoms with Crippen LogP contribution in [0, 0.1) is 0 Å². The third-order valence-electron chi connectivity index (χ3n) is 2.95. The van der Waals surface area contributed by atoms with Crippen LogP contribution in [-0.4, -0.2) is 42.5 Å². The van der Waals surface area contributed by atoms with Gasteiger partial charge in [0.2, 0.25) is 5.91 Å².